The molecular formula is C30H38Br2N4. The second-order valence-corrected chi connectivity index (χ2v) is 10.4. The van der Waals surface area contributed by atoms with Crippen LogP contribution in [-0.2, 0) is 26.2 Å². The Hall–Kier alpha value is -2.18. The van der Waals surface area contributed by atoms with E-state index in [1.54, 1.807) is 0 Å². The van der Waals surface area contributed by atoms with Gasteiger partial charge in [0.05, 0.1) is 0 Å². The summed E-state index contributed by atoms with van der Waals surface area (Å²) in [6.07, 6.45) is 13.5. The van der Waals surface area contributed by atoms with Gasteiger partial charge in [-0.1, -0.05) is 0 Å². The molecule has 0 spiro atoms. The Balaban J connectivity index is 0.00000180. The lowest BCUT2D eigenvalue weighted by atomic mass is 9.88. The van der Waals surface area contributed by atoms with E-state index in [2.05, 4.69) is 111 Å². The van der Waals surface area contributed by atoms with Gasteiger partial charge in [-0.15, -0.1) is 0 Å². The third kappa shape index (κ3) is 4.74. The highest BCUT2D eigenvalue weighted by atomic mass is 79.9. The van der Waals surface area contributed by atoms with Gasteiger partial charge in [0.2, 0.25) is 12.7 Å². The van der Waals surface area contributed by atoms with E-state index >= 15 is 0 Å². The number of imidazole rings is 2. The molecule has 0 radical (unpaired) electrons. The Bertz CT molecular complexity index is 1230. The number of hydrogen-bond donors (Lipinski definition) is 0. The molecule has 4 bridgehead atoms. The Morgan fingerprint density at radius 3 is 1.11 bits per heavy atom. The van der Waals surface area contributed by atoms with E-state index in [1.807, 2.05) is 0 Å². The van der Waals surface area contributed by atoms with Crippen LogP contribution in [0.3, 0.4) is 0 Å². The number of aromatic nitrogens is 4. The smallest absolute Gasteiger partial charge is 0.244 e. The molecule has 6 heteroatoms. The van der Waals surface area contributed by atoms with Gasteiger partial charge in [-0.25, -0.2) is 18.3 Å². The summed E-state index contributed by atoms with van der Waals surface area (Å²) < 4.78 is 9.41. The topological polar surface area (TPSA) is 17.6 Å². The minimum Gasteiger partial charge on any atom is -1.00 e. The molecule has 0 aliphatic carbocycles. The van der Waals surface area contributed by atoms with Crippen molar-refractivity contribution in [1.29, 1.82) is 0 Å². The zero-order valence-corrected chi connectivity index (χ0v) is 26.0. The predicted molar refractivity (Wildman–Crippen MR) is 136 cm³/mol. The number of hydrogen-bond acceptors (Lipinski definition) is 0. The van der Waals surface area contributed by atoms with Crippen LogP contribution in [0.25, 0.3) is 0 Å². The number of halogens is 2. The van der Waals surface area contributed by atoms with Crippen LogP contribution in [0.2, 0.25) is 0 Å². The summed E-state index contributed by atoms with van der Waals surface area (Å²) in [7, 11) is 0. The first-order chi connectivity index (χ1) is 16.2. The Morgan fingerprint density at radius 2 is 0.778 bits per heavy atom. The second kappa shape index (κ2) is 10.7. The lowest BCUT2D eigenvalue weighted by Crippen LogP contribution is -3.00. The van der Waals surface area contributed by atoms with E-state index in [1.165, 1.54) is 66.8 Å². The molecule has 0 amide bonds. The molecule has 0 N–H and O–H groups in total. The molecule has 1 aliphatic rings. The maximum absolute atomic E-state index is 2.35. The van der Waals surface area contributed by atoms with Crippen LogP contribution in [0.15, 0.2) is 37.4 Å². The highest BCUT2D eigenvalue weighted by molar-refractivity contribution is 5.51. The molecule has 4 nitrogen and oxygen atoms in total. The van der Waals surface area contributed by atoms with Crippen LogP contribution in [0.5, 0.6) is 0 Å². The lowest BCUT2D eigenvalue weighted by Gasteiger charge is -2.20. The lowest BCUT2D eigenvalue weighted by molar-refractivity contribution is -0.688. The quantitative estimate of drug-likeness (QED) is 0.196. The monoisotopic (exact) mass is 612 g/mol. The number of benzene rings is 2. The highest BCUT2D eigenvalue weighted by Crippen LogP contribution is 2.29. The molecule has 0 unspecified atom stereocenters. The van der Waals surface area contributed by atoms with Crippen molar-refractivity contribution in [3.63, 3.8) is 0 Å². The Kier molecular flexibility index (Phi) is 8.41. The van der Waals surface area contributed by atoms with Crippen molar-refractivity contribution >= 4 is 0 Å². The van der Waals surface area contributed by atoms with Gasteiger partial charge in [0.15, 0.2) is 0 Å². The summed E-state index contributed by atoms with van der Waals surface area (Å²) in [4.78, 5) is 0. The van der Waals surface area contributed by atoms with E-state index in [0.29, 0.717) is 0 Å². The molecule has 2 aromatic heterocycles. The standard InChI is InChI=1S/C30H38N4.2BrH/c1-19-20(2)24(6)28-14-32-11-12-34(18-32)16-30-26(8)22(4)21(3)25(7)29(30)15-33-10-9-31(17-33)13-27(28)23(19)5;;/h9-12,17-18H,13-16H2,1-8H3;2*1H/q+2;;/p-2. The zero-order valence-electron chi connectivity index (χ0n) is 22.8. The van der Waals surface area contributed by atoms with Crippen molar-refractivity contribution < 1.29 is 43.1 Å². The molecule has 0 saturated heterocycles. The fourth-order valence-electron chi connectivity index (χ4n) is 5.77. The fraction of sp³-hybridized carbons (Fsp3) is 0.400. The minimum absolute atomic E-state index is 0. The molecule has 0 fully saturated rings. The van der Waals surface area contributed by atoms with Crippen molar-refractivity contribution in [2.75, 3.05) is 0 Å². The van der Waals surface area contributed by atoms with Gasteiger partial charge in [0.1, 0.15) is 51.0 Å². The summed E-state index contributed by atoms with van der Waals surface area (Å²) in [5.41, 5.74) is 17.2. The molecule has 4 aromatic rings. The zero-order chi connectivity index (χ0) is 24.3. The average Bonchev–Trinajstić information content (AvgIpc) is 3.46. The van der Waals surface area contributed by atoms with E-state index in [4.69, 9.17) is 0 Å². The van der Waals surface area contributed by atoms with Crippen molar-refractivity contribution in [2.24, 2.45) is 0 Å². The summed E-state index contributed by atoms with van der Waals surface area (Å²) >= 11 is 0. The second-order valence-electron chi connectivity index (χ2n) is 10.4. The van der Waals surface area contributed by atoms with E-state index < -0.39 is 0 Å². The molecule has 5 rings (SSSR count). The van der Waals surface area contributed by atoms with Crippen LogP contribution in [0, 0.1) is 55.4 Å². The molecule has 36 heavy (non-hydrogen) atoms. The van der Waals surface area contributed by atoms with Gasteiger partial charge >= 0.3 is 0 Å². The van der Waals surface area contributed by atoms with Crippen molar-refractivity contribution in [3.05, 3.63) is 104 Å². The van der Waals surface area contributed by atoms with Crippen LogP contribution in [0.4, 0.5) is 0 Å². The van der Waals surface area contributed by atoms with Gasteiger partial charge in [-0.05, 0) is 99.9 Å². The number of nitrogens with zero attached hydrogens (tertiary/aromatic N) is 4. The number of fused-ring (bicyclic) bond motifs is 6. The molecule has 2 aromatic carbocycles. The van der Waals surface area contributed by atoms with Crippen LogP contribution < -0.4 is 43.1 Å². The molecule has 0 atom stereocenters. The number of rotatable bonds is 0. The van der Waals surface area contributed by atoms with Gasteiger partial charge < -0.3 is 34.0 Å². The van der Waals surface area contributed by atoms with Gasteiger partial charge in [0, 0.05) is 22.3 Å². The molecular weight excluding hydrogens is 576 g/mol. The van der Waals surface area contributed by atoms with Crippen LogP contribution >= 0.6 is 0 Å². The third-order valence-corrected chi connectivity index (χ3v) is 8.77. The largest absolute Gasteiger partial charge is 1.00 e. The first kappa shape index (κ1) is 28.4. The molecule has 192 valence electrons. The predicted octanol–water partition coefficient (Wildman–Crippen LogP) is -1.15. The third-order valence-electron chi connectivity index (χ3n) is 8.77. The van der Waals surface area contributed by atoms with E-state index in [-0.39, 0.29) is 34.0 Å². The summed E-state index contributed by atoms with van der Waals surface area (Å²) in [6.45, 7) is 21.9. The van der Waals surface area contributed by atoms with Gasteiger partial charge in [0.25, 0.3) is 0 Å². The first-order valence-corrected chi connectivity index (χ1v) is 12.4. The summed E-state index contributed by atoms with van der Waals surface area (Å²) in [5.74, 6) is 0. The van der Waals surface area contributed by atoms with Crippen molar-refractivity contribution in [1.82, 2.24) is 9.13 Å². The van der Waals surface area contributed by atoms with Gasteiger partial charge in [-0.3, -0.25) is 0 Å². The maximum Gasteiger partial charge on any atom is 0.244 e. The summed E-state index contributed by atoms with van der Waals surface area (Å²) in [5, 5.41) is 0. The molecule has 3 heterocycles. The fourth-order valence-corrected chi connectivity index (χ4v) is 5.77. The average molecular weight is 614 g/mol. The van der Waals surface area contributed by atoms with E-state index in [0.717, 1.165) is 26.2 Å². The van der Waals surface area contributed by atoms with Crippen molar-refractivity contribution in [3.8, 4) is 0 Å². The minimum atomic E-state index is 0. The Labute approximate surface area is 237 Å². The van der Waals surface area contributed by atoms with Crippen LogP contribution in [0.1, 0.15) is 66.8 Å². The SMILES string of the molecule is Cc1c(C)c(C)c2c(c1C)Cn1cc[n+](c1)Cc1c(C)c(C)c(C)c(C)c1Cn1cc[n+](c1)C2.[Br-].[Br-]. The molecule has 1 aliphatic heterocycles. The Morgan fingerprint density at radius 1 is 0.472 bits per heavy atom. The highest BCUT2D eigenvalue weighted by Gasteiger charge is 2.23. The van der Waals surface area contributed by atoms with Gasteiger partial charge in [-0.2, -0.15) is 0 Å². The maximum atomic E-state index is 2.35. The van der Waals surface area contributed by atoms with Crippen LogP contribution in [-0.4, -0.2) is 9.13 Å². The van der Waals surface area contributed by atoms with E-state index in [9.17, 15) is 0 Å². The van der Waals surface area contributed by atoms with Crippen molar-refractivity contribution in [2.45, 2.75) is 81.6 Å². The summed E-state index contributed by atoms with van der Waals surface area (Å²) in [6, 6.07) is 0. The molecule has 0 saturated carbocycles. The normalized spacial score (nSPS) is 12.7. The first-order valence-electron chi connectivity index (χ1n) is 12.4.